The molecule has 4 heteroatoms. The molecule has 0 fully saturated rings. The summed E-state index contributed by atoms with van der Waals surface area (Å²) in [4.78, 5) is 12.5. The summed E-state index contributed by atoms with van der Waals surface area (Å²) < 4.78 is 0. The molecule has 0 rings (SSSR count). The van der Waals surface area contributed by atoms with Crippen molar-refractivity contribution >= 4 is 5.91 Å². The molecule has 0 aromatic rings. The molecule has 0 spiro atoms. The highest BCUT2D eigenvalue weighted by molar-refractivity contribution is 5.76. The van der Waals surface area contributed by atoms with Crippen LogP contribution in [0.15, 0.2) is 60.8 Å². The lowest BCUT2D eigenvalue weighted by Crippen LogP contribution is -2.45. The monoisotopic (exact) mass is 908 g/mol. The van der Waals surface area contributed by atoms with E-state index in [4.69, 9.17) is 0 Å². The Morgan fingerprint density at radius 3 is 0.985 bits per heavy atom. The van der Waals surface area contributed by atoms with Crippen LogP contribution < -0.4 is 5.32 Å². The molecule has 0 aromatic heterocycles. The first-order valence-corrected chi connectivity index (χ1v) is 29.0. The van der Waals surface area contributed by atoms with Gasteiger partial charge in [0.2, 0.25) is 5.91 Å². The summed E-state index contributed by atoms with van der Waals surface area (Å²) in [5.41, 5.74) is 0. The van der Waals surface area contributed by atoms with Gasteiger partial charge in [-0.2, -0.15) is 0 Å². The Morgan fingerprint density at radius 1 is 0.369 bits per heavy atom. The minimum atomic E-state index is -0.871. The Balaban J connectivity index is 3.50. The van der Waals surface area contributed by atoms with Gasteiger partial charge in [0.15, 0.2) is 0 Å². The predicted octanol–water partition coefficient (Wildman–Crippen LogP) is 19.2. The summed E-state index contributed by atoms with van der Waals surface area (Å²) in [7, 11) is 0. The maximum atomic E-state index is 12.5. The van der Waals surface area contributed by atoms with Crippen molar-refractivity contribution in [2.24, 2.45) is 0 Å². The van der Waals surface area contributed by atoms with E-state index in [1.807, 2.05) is 6.08 Å². The van der Waals surface area contributed by atoms with Crippen LogP contribution >= 0.6 is 0 Å². The van der Waals surface area contributed by atoms with E-state index in [9.17, 15) is 15.0 Å². The molecular formula is C61H113NO3. The largest absolute Gasteiger partial charge is 0.394 e. The zero-order valence-corrected chi connectivity index (χ0v) is 43.8. The zero-order valence-electron chi connectivity index (χ0n) is 43.8. The highest BCUT2D eigenvalue weighted by Gasteiger charge is 2.18. The first kappa shape index (κ1) is 63.1. The summed E-state index contributed by atoms with van der Waals surface area (Å²) in [6.07, 6.45) is 79.7. The smallest absolute Gasteiger partial charge is 0.220 e. The molecule has 65 heavy (non-hydrogen) atoms. The summed E-state index contributed by atoms with van der Waals surface area (Å²) in [6, 6.07) is -0.646. The van der Waals surface area contributed by atoms with E-state index < -0.39 is 12.1 Å². The number of amides is 1. The second-order valence-electron chi connectivity index (χ2n) is 19.7. The molecule has 0 aliphatic rings. The van der Waals surface area contributed by atoms with Crippen LogP contribution in [0, 0.1) is 0 Å². The molecule has 0 radical (unpaired) electrons. The van der Waals surface area contributed by atoms with Crippen molar-refractivity contribution in [1.29, 1.82) is 0 Å². The first-order valence-electron chi connectivity index (χ1n) is 29.0. The molecule has 2 atom stereocenters. The van der Waals surface area contributed by atoms with Crippen molar-refractivity contribution in [2.75, 3.05) is 6.61 Å². The van der Waals surface area contributed by atoms with Gasteiger partial charge in [-0.25, -0.2) is 0 Å². The van der Waals surface area contributed by atoms with Gasteiger partial charge in [-0.15, -0.1) is 0 Å². The van der Waals surface area contributed by atoms with Crippen molar-refractivity contribution in [2.45, 2.75) is 315 Å². The third kappa shape index (κ3) is 52.9. The highest BCUT2D eigenvalue weighted by Crippen LogP contribution is 2.17. The van der Waals surface area contributed by atoms with Gasteiger partial charge in [-0.1, -0.05) is 280 Å². The predicted molar refractivity (Wildman–Crippen MR) is 290 cm³/mol. The zero-order chi connectivity index (χ0) is 47.0. The molecule has 380 valence electrons. The lowest BCUT2D eigenvalue weighted by Gasteiger charge is -2.19. The average Bonchev–Trinajstić information content (AvgIpc) is 3.31. The van der Waals surface area contributed by atoms with Gasteiger partial charge in [0.05, 0.1) is 18.8 Å². The van der Waals surface area contributed by atoms with Crippen LogP contribution in [-0.2, 0) is 4.79 Å². The van der Waals surface area contributed by atoms with Gasteiger partial charge < -0.3 is 15.5 Å². The molecule has 0 aliphatic carbocycles. The minimum Gasteiger partial charge on any atom is -0.394 e. The van der Waals surface area contributed by atoms with E-state index in [1.165, 1.54) is 238 Å². The van der Waals surface area contributed by atoms with E-state index in [0.717, 1.165) is 44.9 Å². The number of aliphatic hydroxyl groups excluding tert-OH is 2. The fourth-order valence-electron chi connectivity index (χ4n) is 8.77. The SMILES string of the molecule is CCCCCCC/C=C\C/C=C\CCCCCCCCCCCCCCCCCCCCCCCC(=O)NC(CO)C(O)/C=C/CC/C=C/CC/C=C/CCCCCCCCCCCC. The quantitative estimate of drug-likeness (QED) is 0.0421. The number of carbonyl (C=O) groups is 1. The Labute approximate surface area is 406 Å². The first-order chi connectivity index (χ1) is 32.2. The standard InChI is InChI=1S/C61H113NO3/c1-3-5-7-9-11-13-15-17-19-21-23-25-26-27-28-29-30-31-32-33-34-35-36-37-39-41-43-45-47-49-51-53-55-57-61(65)62-59(58-63)60(64)56-54-52-50-48-46-44-42-40-38-24-22-20-18-16-14-12-10-8-6-4-2/h15,17,21,23,38,40,46,48,54,56,59-60,63-64H,3-14,16,18-20,22,24-37,39,41-45,47,49-53,55,57-58H2,1-2H3,(H,62,65)/b17-15-,23-21-,40-38+,48-46+,56-54+. The Kier molecular flexibility index (Phi) is 54.8. The van der Waals surface area contributed by atoms with Crippen molar-refractivity contribution in [3.8, 4) is 0 Å². The van der Waals surface area contributed by atoms with Gasteiger partial charge in [-0.05, 0) is 77.0 Å². The molecule has 1 amide bonds. The number of hydrogen-bond acceptors (Lipinski definition) is 3. The van der Waals surface area contributed by atoms with E-state index in [1.54, 1.807) is 6.08 Å². The van der Waals surface area contributed by atoms with Crippen molar-refractivity contribution < 1.29 is 15.0 Å². The van der Waals surface area contributed by atoms with Crippen LogP contribution in [0.1, 0.15) is 303 Å². The van der Waals surface area contributed by atoms with Crippen molar-refractivity contribution in [1.82, 2.24) is 5.32 Å². The lowest BCUT2D eigenvalue weighted by molar-refractivity contribution is -0.123. The fourth-order valence-corrected chi connectivity index (χ4v) is 8.77. The molecule has 0 saturated heterocycles. The Bertz CT molecular complexity index is 1070. The molecule has 0 aromatic carbocycles. The molecular weight excluding hydrogens is 795 g/mol. The number of aliphatic hydroxyl groups is 2. The number of rotatable bonds is 53. The number of carbonyl (C=O) groups excluding carboxylic acids is 1. The van der Waals surface area contributed by atoms with Gasteiger partial charge in [0.1, 0.15) is 0 Å². The normalized spacial score (nSPS) is 13.2. The molecule has 0 heterocycles. The second kappa shape index (κ2) is 56.4. The molecule has 0 aliphatic heterocycles. The number of unbranched alkanes of at least 4 members (excludes halogenated alkanes) is 38. The molecule has 4 nitrogen and oxygen atoms in total. The fraction of sp³-hybridized carbons (Fsp3) is 0.820. The third-order valence-corrected chi connectivity index (χ3v) is 13.2. The van der Waals surface area contributed by atoms with Crippen molar-refractivity contribution in [3.05, 3.63) is 60.8 Å². The van der Waals surface area contributed by atoms with Gasteiger partial charge in [-0.3, -0.25) is 4.79 Å². The van der Waals surface area contributed by atoms with Crippen LogP contribution in [0.5, 0.6) is 0 Å². The minimum absolute atomic E-state index is 0.0743. The van der Waals surface area contributed by atoms with E-state index in [0.29, 0.717) is 6.42 Å². The molecule has 0 saturated carbocycles. The van der Waals surface area contributed by atoms with Crippen LogP contribution in [0.2, 0.25) is 0 Å². The lowest BCUT2D eigenvalue weighted by atomic mass is 10.0. The average molecular weight is 909 g/mol. The summed E-state index contributed by atoms with van der Waals surface area (Å²) >= 11 is 0. The summed E-state index contributed by atoms with van der Waals surface area (Å²) in [5.74, 6) is -0.0743. The highest BCUT2D eigenvalue weighted by atomic mass is 16.3. The van der Waals surface area contributed by atoms with Crippen LogP contribution in [-0.4, -0.2) is 34.9 Å². The maximum absolute atomic E-state index is 12.5. The third-order valence-electron chi connectivity index (χ3n) is 13.2. The summed E-state index contributed by atoms with van der Waals surface area (Å²) in [6.45, 7) is 4.30. The second-order valence-corrected chi connectivity index (χ2v) is 19.7. The number of allylic oxidation sites excluding steroid dienone is 9. The van der Waals surface area contributed by atoms with E-state index in [-0.39, 0.29) is 12.5 Å². The van der Waals surface area contributed by atoms with Gasteiger partial charge in [0.25, 0.3) is 0 Å². The van der Waals surface area contributed by atoms with Crippen LogP contribution in [0.3, 0.4) is 0 Å². The number of hydrogen-bond donors (Lipinski definition) is 3. The van der Waals surface area contributed by atoms with Crippen molar-refractivity contribution in [3.63, 3.8) is 0 Å². The van der Waals surface area contributed by atoms with E-state index >= 15 is 0 Å². The summed E-state index contributed by atoms with van der Waals surface area (Å²) in [5, 5.41) is 23.1. The molecule has 3 N–H and O–H groups in total. The van der Waals surface area contributed by atoms with Crippen LogP contribution in [0.4, 0.5) is 0 Å². The topological polar surface area (TPSA) is 69.6 Å². The van der Waals surface area contributed by atoms with Gasteiger partial charge >= 0.3 is 0 Å². The van der Waals surface area contributed by atoms with Crippen LogP contribution in [0.25, 0.3) is 0 Å². The Hall–Kier alpha value is -1.91. The number of nitrogens with one attached hydrogen (secondary N) is 1. The maximum Gasteiger partial charge on any atom is 0.220 e. The molecule has 2 unspecified atom stereocenters. The molecule has 0 bridgehead atoms. The Morgan fingerprint density at radius 2 is 0.646 bits per heavy atom. The van der Waals surface area contributed by atoms with Gasteiger partial charge in [0, 0.05) is 6.42 Å². The van der Waals surface area contributed by atoms with E-state index in [2.05, 4.69) is 67.8 Å².